The van der Waals surface area contributed by atoms with Gasteiger partial charge < -0.3 is 5.11 Å². The van der Waals surface area contributed by atoms with Crippen molar-refractivity contribution in [1.82, 2.24) is 4.90 Å². The molecule has 0 spiro atoms. The maximum absolute atomic E-state index is 13.4. The molecule has 0 bridgehead atoms. The van der Waals surface area contributed by atoms with Gasteiger partial charge in [0.1, 0.15) is 5.82 Å². The van der Waals surface area contributed by atoms with Crippen LogP contribution in [0.1, 0.15) is 5.56 Å². The van der Waals surface area contributed by atoms with Crippen LogP contribution in [-0.4, -0.2) is 35.1 Å². The van der Waals surface area contributed by atoms with Crippen LogP contribution in [0.25, 0.3) is 0 Å². The molecule has 0 aliphatic heterocycles. The number of likely N-dealkylation sites (N-methyl/N-ethyl adjacent to an activating group) is 1. The highest BCUT2D eigenvalue weighted by atomic mass is 19.1. The number of halogens is 1. The molecule has 5 nitrogen and oxygen atoms in total. The third kappa shape index (κ3) is 2.98. The Morgan fingerprint density at radius 2 is 2.25 bits per heavy atom. The summed E-state index contributed by atoms with van der Waals surface area (Å²) in [5, 5.41) is 19.4. The van der Waals surface area contributed by atoms with Crippen molar-refractivity contribution in [3.63, 3.8) is 0 Å². The fourth-order valence-electron chi connectivity index (χ4n) is 1.39. The number of hydrogen-bond donors (Lipinski definition) is 1. The molecular weight excluding hydrogens is 215 g/mol. The highest BCUT2D eigenvalue weighted by molar-refractivity contribution is 5.40. The predicted octanol–water partition coefficient (Wildman–Crippen LogP) is 1.16. The highest BCUT2D eigenvalue weighted by Gasteiger charge is 2.18. The molecule has 1 aromatic rings. The maximum atomic E-state index is 13.4. The van der Waals surface area contributed by atoms with E-state index in [0.29, 0.717) is 6.54 Å². The first kappa shape index (κ1) is 12.5. The van der Waals surface area contributed by atoms with Crippen LogP contribution in [0.15, 0.2) is 18.2 Å². The van der Waals surface area contributed by atoms with Crippen molar-refractivity contribution in [2.75, 3.05) is 20.2 Å². The van der Waals surface area contributed by atoms with Crippen molar-refractivity contribution in [3.8, 4) is 0 Å². The zero-order valence-corrected chi connectivity index (χ0v) is 8.89. The van der Waals surface area contributed by atoms with Gasteiger partial charge >= 0.3 is 0 Å². The standard InChI is InChI=1S/C10H13FN2O3/c1-12(5-6-14)7-8-9(11)3-2-4-10(8)13(15)16/h2-4,14H,5-7H2,1H3. The number of aliphatic hydroxyl groups excluding tert-OH is 1. The van der Waals surface area contributed by atoms with E-state index >= 15 is 0 Å². The van der Waals surface area contributed by atoms with Crippen LogP contribution in [0.4, 0.5) is 10.1 Å². The Morgan fingerprint density at radius 3 is 2.81 bits per heavy atom. The molecule has 0 amide bonds. The SMILES string of the molecule is CN(CCO)Cc1c(F)cccc1[N+](=O)[O-]. The van der Waals surface area contributed by atoms with Gasteiger partial charge in [-0.1, -0.05) is 6.07 Å². The average molecular weight is 228 g/mol. The molecule has 88 valence electrons. The molecule has 0 heterocycles. The summed E-state index contributed by atoms with van der Waals surface area (Å²) in [6.07, 6.45) is 0. The van der Waals surface area contributed by atoms with Crippen molar-refractivity contribution in [1.29, 1.82) is 0 Å². The minimum Gasteiger partial charge on any atom is -0.395 e. The number of rotatable bonds is 5. The van der Waals surface area contributed by atoms with E-state index in [9.17, 15) is 14.5 Å². The minimum atomic E-state index is -0.606. The molecule has 0 fully saturated rings. The Kier molecular flexibility index (Phi) is 4.33. The third-order valence-electron chi connectivity index (χ3n) is 2.20. The molecule has 0 atom stereocenters. The average Bonchev–Trinajstić information content (AvgIpc) is 2.21. The monoisotopic (exact) mass is 228 g/mol. The smallest absolute Gasteiger partial charge is 0.276 e. The molecule has 0 radical (unpaired) electrons. The van der Waals surface area contributed by atoms with Crippen molar-refractivity contribution in [2.45, 2.75) is 6.54 Å². The van der Waals surface area contributed by atoms with E-state index in [1.807, 2.05) is 0 Å². The molecule has 0 aromatic heterocycles. The normalized spacial score (nSPS) is 10.8. The second kappa shape index (κ2) is 5.53. The summed E-state index contributed by atoms with van der Waals surface area (Å²) in [4.78, 5) is 11.7. The molecule has 0 aliphatic rings. The van der Waals surface area contributed by atoms with Gasteiger partial charge in [-0.25, -0.2) is 4.39 Å². The van der Waals surface area contributed by atoms with Gasteiger partial charge in [0.15, 0.2) is 0 Å². The molecule has 16 heavy (non-hydrogen) atoms. The molecule has 1 N–H and O–H groups in total. The number of nitro benzene ring substituents is 1. The summed E-state index contributed by atoms with van der Waals surface area (Å²) >= 11 is 0. The van der Waals surface area contributed by atoms with Crippen LogP contribution in [0.5, 0.6) is 0 Å². The van der Waals surface area contributed by atoms with Crippen molar-refractivity contribution < 1.29 is 14.4 Å². The van der Waals surface area contributed by atoms with Crippen LogP contribution in [0, 0.1) is 15.9 Å². The molecule has 0 saturated heterocycles. The Bertz CT molecular complexity index is 384. The van der Waals surface area contributed by atoms with E-state index in [4.69, 9.17) is 5.11 Å². The number of aliphatic hydroxyl groups is 1. The van der Waals surface area contributed by atoms with Gasteiger partial charge in [-0.3, -0.25) is 15.0 Å². The Labute approximate surface area is 92.3 Å². The summed E-state index contributed by atoms with van der Waals surface area (Å²) in [7, 11) is 1.66. The fourth-order valence-corrected chi connectivity index (χ4v) is 1.39. The third-order valence-corrected chi connectivity index (χ3v) is 2.20. The summed E-state index contributed by atoms with van der Waals surface area (Å²) in [6, 6.07) is 3.77. The lowest BCUT2D eigenvalue weighted by Crippen LogP contribution is -2.22. The molecule has 0 unspecified atom stereocenters. The summed E-state index contributed by atoms with van der Waals surface area (Å²) < 4.78 is 13.4. The number of nitrogens with zero attached hydrogens (tertiary/aromatic N) is 2. The van der Waals surface area contributed by atoms with Gasteiger partial charge in [0.05, 0.1) is 17.1 Å². The fraction of sp³-hybridized carbons (Fsp3) is 0.400. The Balaban J connectivity index is 2.97. The number of benzene rings is 1. The lowest BCUT2D eigenvalue weighted by Gasteiger charge is -2.15. The Hall–Kier alpha value is -1.53. The first-order valence-corrected chi connectivity index (χ1v) is 4.77. The van der Waals surface area contributed by atoms with Crippen LogP contribution >= 0.6 is 0 Å². The van der Waals surface area contributed by atoms with E-state index in [0.717, 1.165) is 0 Å². The van der Waals surface area contributed by atoms with Crippen LogP contribution < -0.4 is 0 Å². The lowest BCUT2D eigenvalue weighted by atomic mass is 10.1. The second-order valence-corrected chi connectivity index (χ2v) is 3.46. The first-order valence-electron chi connectivity index (χ1n) is 4.77. The van der Waals surface area contributed by atoms with Gasteiger partial charge in [-0.05, 0) is 13.1 Å². The van der Waals surface area contributed by atoms with Crippen molar-refractivity contribution in [3.05, 3.63) is 39.7 Å². The van der Waals surface area contributed by atoms with Gasteiger partial charge in [0.2, 0.25) is 0 Å². The maximum Gasteiger partial charge on any atom is 0.276 e. The number of nitro groups is 1. The molecule has 0 saturated carbocycles. The second-order valence-electron chi connectivity index (χ2n) is 3.46. The van der Waals surface area contributed by atoms with E-state index in [-0.39, 0.29) is 24.4 Å². The quantitative estimate of drug-likeness (QED) is 0.606. The molecule has 1 rings (SSSR count). The van der Waals surface area contributed by atoms with Crippen LogP contribution in [-0.2, 0) is 6.54 Å². The van der Waals surface area contributed by atoms with Gasteiger partial charge in [0, 0.05) is 19.2 Å². The largest absolute Gasteiger partial charge is 0.395 e. The zero-order chi connectivity index (χ0) is 12.1. The summed E-state index contributed by atoms with van der Waals surface area (Å²) in [6.45, 7) is 0.369. The number of hydrogen-bond acceptors (Lipinski definition) is 4. The van der Waals surface area contributed by atoms with E-state index < -0.39 is 10.7 Å². The van der Waals surface area contributed by atoms with Gasteiger partial charge in [0.25, 0.3) is 5.69 Å². The Morgan fingerprint density at radius 1 is 1.56 bits per heavy atom. The van der Waals surface area contributed by atoms with E-state index in [1.165, 1.54) is 18.2 Å². The topological polar surface area (TPSA) is 66.6 Å². The van der Waals surface area contributed by atoms with E-state index in [1.54, 1.807) is 11.9 Å². The lowest BCUT2D eigenvalue weighted by molar-refractivity contribution is -0.385. The summed E-state index contributed by atoms with van der Waals surface area (Å²) in [5.74, 6) is -0.598. The minimum absolute atomic E-state index is 0.0449. The van der Waals surface area contributed by atoms with Crippen molar-refractivity contribution >= 4 is 5.69 Å². The molecule has 0 aliphatic carbocycles. The van der Waals surface area contributed by atoms with Crippen LogP contribution in [0.3, 0.4) is 0 Å². The van der Waals surface area contributed by atoms with E-state index in [2.05, 4.69) is 0 Å². The van der Waals surface area contributed by atoms with Crippen molar-refractivity contribution in [2.24, 2.45) is 0 Å². The van der Waals surface area contributed by atoms with Gasteiger partial charge in [-0.2, -0.15) is 0 Å². The summed E-state index contributed by atoms with van der Waals surface area (Å²) in [5.41, 5.74) is -0.187. The van der Waals surface area contributed by atoms with Crippen LogP contribution in [0.2, 0.25) is 0 Å². The molecule has 6 heteroatoms. The van der Waals surface area contributed by atoms with Gasteiger partial charge in [-0.15, -0.1) is 0 Å². The molecule has 1 aromatic carbocycles. The predicted molar refractivity (Wildman–Crippen MR) is 56.5 cm³/mol. The molecular formula is C10H13FN2O3. The highest BCUT2D eigenvalue weighted by Crippen LogP contribution is 2.22. The zero-order valence-electron chi connectivity index (χ0n) is 8.89. The first-order chi connectivity index (χ1) is 7.56.